The van der Waals surface area contributed by atoms with Crippen LogP contribution >= 0.6 is 23.3 Å². The van der Waals surface area contributed by atoms with Gasteiger partial charge in [0.2, 0.25) is 5.91 Å². The fourth-order valence-electron chi connectivity index (χ4n) is 2.07. The van der Waals surface area contributed by atoms with Crippen molar-refractivity contribution < 1.29 is 4.79 Å². The monoisotopic (exact) mass is 267 g/mol. The summed E-state index contributed by atoms with van der Waals surface area (Å²) in [4.78, 5) is 13.6. The van der Waals surface area contributed by atoms with Gasteiger partial charge in [0.15, 0.2) is 0 Å². The number of carbonyl (C=O) groups excluding carboxylic acids is 1. The van der Waals surface area contributed by atoms with Crippen molar-refractivity contribution in [2.24, 2.45) is 5.92 Å². The molecule has 17 heavy (non-hydrogen) atoms. The normalized spacial score (nSPS) is 20.4. The standard InChI is InChI=1S/C11H10ClN3OS/c12-5-7-3-11(16)15(6-7)8-1-2-9-10(4-8)14-17-13-9/h1-2,4,7H,3,5-6H2. The van der Waals surface area contributed by atoms with Gasteiger partial charge in [-0.3, -0.25) is 4.79 Å². The van der Waals surface area contributed by atoms with E-state index in [1.165, 1.54) is 11.7 Å². The van der Waals surface area contributed by atoms with Gasteiger partial charge in [-0.25, -0.2) is 0 Å². The van der Waals surface area contributed by atoms with Crippen LogP contribution < -0.4 is 4.90 Å². The molecule has 0 bridgehead atoms. The quantitative estimate of drug-likeness (QED) is 0.785. The lowest BCUT2D eigenvalue weighted by atomic mass is 10.1. The Morgan fingerprint density at radius 1 is 1.41 bits per heavy atom. The first-order valence-corrected chi connectivity index (χ1v) is 6.63. The highest BCUT2D eigenvalue weighted by molar-refractivity contribution is 7.00. The Labute approximate surface area is 108 Å². The van der Waals surface area contributed by atoms with E-state index in [2.05, 4.69) is 8.75 Å². The summed E-state index contributed by atoms with van der Waals surface area (Å²) in [5.74, 6) is 0.926. The molecule has 0 N–H and O–H groups in total. The third-order valence-electron chi connectivity index (χ3n) is 2.97. The van der Waals surface area contributed by atoms with E-state index < -0.39 is 0 Å². The van der Waals surface area contributed by atoms with Gasteiger partial charge >= 0.3 is 0 Å². The zero-order chi connectivity index (χ0) is 11.8. The van der Waals surface area contributed by atoms with Crippen LogP contribution in [0.3, 0.4) is 0 Å². The Kier molecular flexibility index (Phi) is 2.72. The first-order valence-electron chi connectivity index (χ1n) is 5.36. The van der Waals surface area contributed by atoms with Gasteiger partial charge in [0.1, 0.15) is 11.0 Å². The number of carbonyl (C=O) groups is 1. The number of aromatic nitrogens is 2. The summed E-state index contributed by atoms with van der Waals surface area (Å²) in [5.41, 5.74) is 2.61. The fourth-order valence-corrected chi connectivity index (χ4v) is 2.80. The molecule has 1 aliphatic heterocycles. The van der Waals surface area contributed by atoms with Crippen LogP contribution in [-0.2, 0) is 4.79 Å². The molecule has 0 saturated carbocycles. The van der Waals surface area contributed by atoms with Crippen LogP contribution in [0.5, 0.6) is 0 Å². The summed E-state index contributed by atoms with van der Waals surface area (Å²) in [6, 6.07) is 5.72. The maximum absolute atomic E-state index is 11.9. The summed E-state index contributed by atoms with van der Waals surface area (Å²) in [5, 5.41) is 0. The van der Waals surface area contributed by atoms with Crippen LogP contribution in [0.4, 0.5) is 5.69 Å². The molecular weight excluding hydrogens is 258 g/mol. The van der Waals surface area contributed by atoms with E-state index in [0.29, 0.717) is 18.8 Å². The van der Waals surface area contributed by atoms with Gasteiger partial charge in [-0.05, 0) is 24.1 Å². The lowest BCUT2D eigenvalue weighted by Crippen LogP contribution is -2.24. The molecule has 1 aromatic carbocycles. The van der Waals surface area contributed by atoms with E-state index in [-0.39, 0.29) is 11.8 Å². The van der Waals surface area contributed by atoms with Crippen molar-refractivity contribution in [1.29, 1.82) is 0 Å². The molecule has 1 aliphatic rings. The van der Waals surface area contributed by atoms with Gasteiger partial charge in [-0.2, -0.15) is 8.75 Å². The van der Waals surface area contributed by atoms with E-state index >= 15 is 0 Å². The molecule has 6 heteroatoms. The molecule has 2 heterocycles. The largest absolute Gasteiger partial charge is 0.312 e. The number of alkyl halides is 1. The highest BCUT2D eigenvalue weighted by Gasteiger charge is 2.30. The average Bonchev–Trinajstić information content (AvgIpc) is 2.93. The SMILES string of the molecule is O=C1CC(CCl)CN1c1ccc2nsnc2c1. The highest BCUT2D eigenvalue weighted by Crippen LogP contribution is 2.27. The first kappa shape index (κ1) is 10.9. The number of nitrogens with zero attached hydrogens (tertiary/aromatic N) is 3. The second-order valence-corrected chi connectivity index (χ2v) is 5.00. The lowest BCUT2D eigenvalue weighted by molar-refractivity contribution is -0.117. The molecule has 3 rings (SSSR count). The lowest BCUT2D eigenvalue weighted by Gasteiger charge is -2.16. The smallest absolute Gasteiger partial charge is 0.227 e. The second kappa shape index (κ2) is 4.23. The molecule has 1 atom stereocenters. The zero-order valence-corrected chi connectivity index (χ0v) is 10.5. The number of fused-ring (bicyclic) bond motifs is 1. The van der Waals surface area contributed by atoms with Crippen molar-refractivity contribution in [3.05, 3.63) is 18.2 Å². The van der Waals surface area contributed by atoms with Gasteiger partial charge in [0, 0.05) is 24.5 Å². The molecule has 1 fully saturated rings. The van der Waals surface area contributed by atoms with Crippen LogP contribution in [-0.4, -0.2) is 27.1 Å². The van der Waals surface area contributed by atoms with E-state index in [0.717, 1.165) is 16.7 Å². The maximum atomic E-state index is 11.9. The van der Waals surface area contributed by atoms with Crippen molar-refractivity contribution in [2.75, 3.05) is 17.3 Å². The van der Waals surface area contributed by atoms with Crippen LogP contribution in [0.2, 0.25) is 0 Å². The number of rotatable bonds is 2. The zero-order valence-electron chi connectivity index (χ0n) is 8.97. The number of hydrogen-bond donors (Lipinski definition) is 0. The Balaban J connectivity index is 1.95. The Morgan fingerprint density at radius 2 is 2.24 bits per heavy atom. The molecular formula is C11H10ClN3OS. The number of amides is 1. The predicted octanol–water partition coefficient (Wildman–Crippen LogP) is 2.28. The summed E-state index contributed by atoms with van der Waals surface area (Å²) >= 11 is 6.99. The van der Waals surface area contributed by atoms with E-state index in [9.17, 15) is 4.79 Å². The molecule has 1 aromatic heterocycles. The average molecular weight is 268 g/mol. The third kappa shape index (κ3) is 1.89. The molecule has 88 valence electrons. The molecule has 2 aromatic rings. The Bertz CT molecular complexity index is 571. The summed E-state index contributed by atoms with van der Waals surface area (Å²) < 4.78 is 8.32. The minimum absolute atomic E-state index is 0.137. The van der Waals surface area contributed by atoms with Crippen molar-refractivity contribution in [3.8, 4) is 0 Å². The molecule has 0 spiro atoms. The number of hydrogen-bond acceptors (Lipinski definition) is 4. The Morgan fingerprint density at radius 3 is 3.00 bits per heavy atom. The first-order chi connectivity index (χ1) is 8.28. The molecule has 1 unspecified atom stereocenters. The van der Waals surface area contributed by atoms with Crippen LogP contribution in [0.15, 0.2) is 18.2 Å². The molecule has 1 saturated heterocycles. The van der Waals surface area contributed by atoms with Crippen molar-refractivity contribution >= 4 is 46.0 Å². The van der Waals surface area contributed by atoms with Gasteiger partial charge < -0.3 is 4.90 Å². The van der Waals surface area contributed by atoms with Crippen LogP contribution in [0.25, 0.3) is 11.0 Å². The van der Waals surface area contributed by atoms with Gasteiger partial charge in [-0.1, -0.05) is 0 Å². The fraction of sp³-hybridized carbons (Fsp3) is 0.364. The Hall–Kier alpha value is -1.20. The van der Waals surface area contributed by atoms with Crippen LogP contribution in [0, 0.1) is 5.92 Å². The predicted molar refractivity (Wildman–Crippen MR) is 68.6 cm³/mol. The second-order valence-electron chi connectivity index (χ2n) is 4.17. The molecule has 0 aliphatic carbocycles. The highest BCUT2D eigenvalue weighted by atomic mass is 35.5. The van der Waals surface area contributed by atoms with E-state index in [1.54, 1.807) is 4.90 Å². The van der Waals surface area contributed by atoms with Crippen molar-refractivity contribution in [1.82, 2.24) is 8.75 Å². The molecule has 0 radical (unpaired) electrons. The minimum atomic E-state index is 0.137. The number of anilines is 1. The van der Waals surface area contributed by atoms with Crippen LogP contribution in [0.1, 0.15) is 6.42 Å². The molecule has 4 nitrogen and oxygen atoms in total. The minimum Gasteiger partial charge on any atom is -0.312 e. The summed E-state index contributed by atoms with van der Waals surface area (Å²) in [7, 11) is 0. The van der Waals surface area contributed by atoms with E-state index in [4.69, 9.17) is 11.6 Å². The van der Waals surface area contributed by atoms with Gasteiger partial charge in [-0.15, -0.1) is 11.6 Å². The summed E-state index contributed by atoms with van der Waals surface area (Å²) in [6.45, 7) is 0.700. The topological polar surface area (TPSA) is 46.1 Å². The van der Waals surface area contributed by atoms with Gasteiger partial charge in [0.05, 0.1) is 11.7 Å². The molecule has 1 amide bonds. The number of halogens is 1. The van der Waals surface area contributed by atoms with E-state index in [1.807, 2.05) is 18.2 Å². The van der Waals surface area contributed by atoms with Crippen molar-refractivity contribution in [3.63, 3.8) is 0 Å². The summed E-state index contributed by atoms with van der Waals surface area (Å²) in [6.07, 6.45) is 0.539. The maximum Gasteiger partial charge on any atom is 0.227 e. The third-order valence-corrected chi connectivity index (χ3v) is 3.97. The number of benzene rings is 1. The van der Waals surface area contributed by atoms with Crippen molar-refractivity contribution in [2.45, 2.75) is 6.42 Å². The van der Waals surface area contributed by atoms with Gasteiger partial charge in [0.25, 0.3) is 0 Å².